The average Bonchev–Trinajstić information content (AvgIpc) is 2.52. The Morgan fingerprint density at radius 1 is 1.24 bits per heavy atom. The van der Waals surface area contributed by atoms with E-state index in [1.165, 1.54) is 0 Å². The first-order valence-corrected chi connectivity index (χ1v) is 8.21. The van der Waals surface area contributed by atoms with E-state index in [-0.39, 0.29) is 5.75 Å². The van der Waals surface area contributed by atoms with Crippen LogP contribution in [-0.2, 0) is 10.0 Å². The first kappa shape index (κ1) is 14.7. The summed E-state index contributed by atoms with van der Waals surface area (Å²) in [6.45, 7) is 0. The zero-order valence-electron chi connectivity index (χ0n) is 9.91. The molecular weight excluding hydrogens is 260 g/mol. The van der Waals surface area contributed by atoms with Crippen LogP contribution in [0.4, 0.5) is 0 Å². The number of hydrogen-bond donors (Lipinski definition) is 1. The Labute approximate surface area is 108 Å². The summed E-state index contributed by atoms with van der Waals surface area (Å²) in [6.07, 6.45) is 5.61. The van der Waals surface area contributed by atoms with Crippen LogP contribution in [0, 0.1) is 11.3 Å². The third-order valence-electron chi connectivity index (χ3n) is 3.07. The lowest BCUT2D eigenvalue weighted by Crippen LogP contribution is -2.47. The summed E-state index contributed by atoms with van der Waals surface area (Å²) in [6, 6.07) is 2.17. The SMILES string of the molecule is N#CC1(NS(=O)(=O)CCCCl)CCCCCC1. The van der Waals surface area contributed by atoms with Crippen molar-refractivity contribution in [2.45, 2.75) is 50.5 Å². The van der Waals surface area contributed by atoms with Crippen molar-refractivity contribution in [2.75, 3.05) is 11.6 Å². The minimum absolute atomic E-state index is 0.0000694. The largest absolute Gasteiger partial charge is 0.213 e. The molecule has 98 valence electrons. The molecule has 0 amide bonds. The van der Waals surface area contributed by atoms with Gasteiger partial charge in [-0.25, -0.2) is 8.42 Å². The van der Waals surface area contributed by atoms with Gasteiger partial charge < -0.3 is 0 Å². The minimum atomic E-state index is -3.39. The molecular formula is C11H19ClN2O2S. The van der Waals surface area contributed by atoms with Crippen molar-refractivity contribution in [3.63, 3.8) is 0 Å². The molecule has 1 rings (SSSR count). The van der Waals surface area contributed by atoms with Gasteiger partial charge in [0.1, 0.15) is 5.54 Å². The van der Waals surface area contributed by atoms with Crippen molar-refractivity contribution in [2.24, 2.45) is 0 Å². The molecule has 4 nitrogen and oxygen atoms in total. The first-order valence-electron chi connectivity index (χ1n) is 6.02. The monoisotopic (exact) mass is 278 g/mol. The van der Waals surface area contributed by atoms with Crippen LogP contribution in [0.1, 0.15) is 44.9 Å². The van der Waals surface area contributed by atoms with Crippen molar-refractivity contribution >= 4 is 21.6 Å². The molecule has 1 N–H and O–H groups in total. The lowest BCUT2D eigenvalue weighted by Gasteiger charge is -2.25. The van der Waals surface area contributed by atoms with Crippen molar-refractivity contribution < 1.29 is 8.42 Å². The molecule has 1 aliphatic rings. The Morgan fingerprint density at radius 2 is 1.82 bits per heavy atom. The highest BCUT2D eigenvalue weighted by Crippen LogP contribution is 2.27. The van der Waals surface area contributed by atoms with Crippen LogP contribution < -0.4 is 4.72 Å². The van der Waals surface area contributed by atoms with E-state index < -0.39 is 15.6 Å². The predicted molar refractivity (Wildman–Crippen MR) is 68.3 cm³/mol. The van der Waals surface area contributed by atoms with Gasteiger partial charge in [0.25, 0.3) is 0 Å². The maximum Gasteiger partial charge on any atom is 0.213 e. The topological polar surface area (TPSA) is 70.0 Å². The zero-order chi connectivity index (χ0) is 12.8. The van der Waals surface area contributed by atoms with E-state index in [9.17, 15) is 13.7 Å². The van der Waals surface area contributed by atoms with E-state index in [1.54, 1.807) is 0 Å². The summed E-state index contributed by atoms with van der Waals surface area (Å²) in [4.78, 5) is 0. The number of hydrogen-bond acceptors (Lipinski definition) is 3. The van der Waals surface area contributed by atoms with Crippen LogP contribution in [0.25, 0.3) is 0 Å². The second-order valence-electron chi connectivity index (χ2n) is 4.57. The van der Waals surface area contributed by atoms with Gasteiger partial charge in [0.15, 0.2) is 0 Å². The molecule has 0 radical (unpaired) electrons. The van der Waals surface area contributed by atoms with Gasteiger partial charge in [-0.15, -0.1) is 11.6 Å². The number of sulfonamides is 1. The summed E-state index contributed by atoms with van der Waals surface area (Å²) < 4.78 is 26.2. The predicted octanol–water partition coefficient (Wildman–Crippen LogP) is 2.15. The third-order valence-corrected chi connectivity index (χ3v) is 4.86. The minimum Gasteiger partial charge on any atom is -0.212 e. The molecule has 0 aliphatic heterocycles. The standard InChI is InChI=1S/C11H19ClN2O2S/c12-8-5-9-17(15,16)14-11(10-13)6-3-1-2-4-7-11/h14H,1-9H2. The van der Waals surface area contributed by atoms with E-state index in [2.05, 4.69) is 10.8 Å². The molecule has 0 atom stereocenters. The summed E-state index contributed by atoms with van der Waals surface area (Å²) in [5.74, 6) is 0.320. The van der Waals surface area contributed by atoms with E-state index in [0.717, 1.165) is 25.7 Å². The van der Waals surface area contributed by atoms with Crippen LogP contribution in [0.5, 0.6) is 0 Å². The van der Waals surface area contributed by atoms with Crippen molar-refractivity contribution in [3.05, 3.63) is 0 Å². The number of alkyl halides is 1. The number of halogens is 1. The number of nitrogens with zero attached hydrogens (tertiary/aromatic N) is 1. The Bertz CT molecular complexity index is 367. The molecule has 0 aromatic rings. The van der Waals surface area contributed by atoms with Crippen molar-refractivity contribution in [3.8, 4) is 6.07 Å². The van der Waals surface area contributed by atoms with Gasteiger partial charge in [-0.1, -0.05) is 25.7 Å². The molecule has 6 heteroatoms. The molecule has 0 heterocycles. The molecule has 1 aliphatic carbocycles. The quantitative estimate of drug-likeness (QED) is 0.619. The summed E-state index contributed by atoms with van der Waals surface area (Å²) in [5, 5.41) is 9.25. The van der Waals surface area contributed by atoms with E-state index in [1.807, 2.05) is 0 Å². The fraction of sp³-hybridized carbons (Fsp3) is 0.909. The van der Waals surface area contributed by atoms with Crippen LogP contribution in [0.3, 0.4) is 0 Å². The highest BCUT2D eigenvalue weighted by Gasteiger charge is 2.34. The van der Waals surface area contributed by atoms with E-state index in [4.69, 9.17) is 11.6 Å². The number of rotatable bonds is 5. The Hall–Kier alpha value is -0.310. The second-order valence-corrected chi connectivity index (χ2v) is 6.79. The lowest BCUT2D eigenvalue weighted by molar-refractivity contribution is 0.422. The summed E-state index contributed by atoms with van der Waals surface area (Å²) in [7, 11) is -3.39. The van der Waals surface area contributed by atoms with Gasteiger partial charge in [-0.2, -0.15) is 9.98 Å². The molecule has 0 aromatic heterocycles. The Balaban J connectivity index is 2.71. The van der Waals surface area contributed by atoms with Gasteiger partial charge in [0.05, 0.1) is 11.8 Å². The molecule has 0 spiro atoms. The second kappa shape index (κ2) is 6.58. The van der Waals surface area contributed by atoms with E-state index in [0.29, 0.717) is 25.1 Å². The Kier molecular flexibility index (Phi) is 5.71. The molecule has 0 bridgehead atoms. The smallest absolute Gasteiger partial charge is 0.212 e. The fourth-order valence-electron chi connectivity index (χ4n) is 2.16. The summed E-state index contributed by atoms with van der Waals surface area (Å²) >= 11 is 5.49. The maximum absolute atomic E-state index is 11.8. The molecule has 0 saturated heterocycles. The molecule has 1 saturated carbocycles. The molecule has 17 heavy (non-hydrogen) atoms. The molecule has 1 fully saturated rings. The number of nitriles is 1. The Morgan fingerprint density at radius 3 is 2.29 bits per heavy atom. The van der Waals surface area contributed by atoms with Crippen LogP contribution in [0.2, 0.25) is 0 Å². The zero-order valence-corrected chi connectivity index (χ0v) is 11.5. The van der Waals surface area contributed by atoms with Gasteiger partial charge in [-0.3, -0.25) is 0 Å². The summed E-state index contributed by atoms with van der Waals surface area (Å²) in [5.41, 5.74) is -0.887. The van der Waals surface area contributed by atoms with Crippen LogP contribution >= 0.6 is 11.6 Å². The van der Waals surface area contributed by atoms with Crippen LogP contribution in [0.15, 0.2) is 0 Å². The number of nitrogens with one attached hydrogen (secondary N) is 1. The highest BCUT2D eigenvalue weighted by molar-refractivity contribution is 7.89. The van der Waals surface area contributed by atoms with Gasteiger partial charge in [0, 0.05) is 5.88 Å². The normalized spacial score (nSPS) is 20.5. The third kappa shape index (κ3) is 4.82. The van der Waals surface area contributed by atoms with Gasteiger partial charge in [-0.05, 0) is 19.3 Å². The first-order chi connectivity index (χ1) is 8.04. The van der Waals surface area contributed by atoms with Crippen LogP contribution in [-0.4, -0.2) is 25.6 Å². The van der Waals surface area contributed by atoms with Gasteiger partial charge in [0.2, 0.25) is 10.0 Å². The molecule has 0 unspecified atom stereocenters. The molecule has 0 aromatic carbocycles. The van der Waals surface area contributed by atoms with Gasteiger partial charge >= 0.3 is 0 Å². The maximum atomic E-state index is 11.8. The van der Waals surface area contributed by atoms with Crippen molar-refractivity contribution in [1.82, 2.24) is 4.72 Å². The fourth-order valence-corrected chi connectivity index (χ4v) is 3.93. The van der Waals surface area contributed by atoms with Crippen molar-refractivity contribution in [1.29, 1.82) is 5.26 Å². The van der Waals surface area contributed by atoms with E-state index >= 15 is 0 Å². The average molecular weight is 279 g/mol. The lowest BCUT2D eigenvalue weighted by atomic mass is 9.94. The highest BCUT2D eigenvalue weighted by atomic mass is 35.5.